The molecule has 1 N–H and O–H groups in total. The maximum absolute atomic E-state index is 13.9. The number of urea groups is 1. The first kappa shape index (κ1) is 20.9. The van der Waals surface area contributed by atoms with Crippen molar-refractivity contribution in [2.45, 2.75) is 38.1 Å². The molecule has 7 nitrogen and oxygen atoms in total. The molecule has 1 aromatic carbocycles. The Morgan fingerprint density at radius 1 is 1.06 bits per heavy atom. The lowest BCUT2D eigenvalue weighted by atomic mass is 9.82. The average molecular weight is 434 g/mol. The number of nitrogens with one attached hydrogen (secondary N) is 1. The summed E-state index contributed by atoms with van der Waals surface area (Å²) in [7, 11) is 0. The van der Waals surface area contributed by atoms with Gasteiger partial charge in [0.1, 0.15) is 5.54 Å². The number of aromatic nitrogens is 1. The quantitative estimate of drug-likeness (QED) is 0.801. The molecular formula is C25H31N5O2. The van der Waals surface area contributed by atoms with Gasteiger partial charge in [0.05, 0.1) is 11.9 Å². The fourth-order valence-electron chi connectivity index (χ4n) is 5.00. The summed E-state index contributed by atoms with van der Waals surface area (Å²) in [6.45, 7) is 5.65. The van der Waals surface area contributed by atoms with E-state index in [1.807, 2.05) is 59.2 Å². The van der Waals surface area contributed by atoms with Crippen LogP contribution in [0.5, 0.6) is 0 Å². The molecule has 1 aromatic heterocycles. The second-order valence-electron chi connectivity index (χ2n) is 9.32. The first-order valence-corrected chi connectivity index (χ1v) is 11.7. The van der Waals surface area contributed by atoms with Crippen LogP contribution in [0.15, 0.2) is 48.7 Å². The number of rotatable bonds is 4. The number of likely N-dealkylation sites (tertiary alicyclic amines) is 1. The van der Waals surface area contributed by atoms with E-state index in [1.165, 1.54) is 12.8 Å². The van der Waals surface area contributed by atoms with Crippen molar-refractivity contribution in [2.24, 2.45) is 5.92 Å². The van der Waals surface area contributed by atoms with Crippen LogP contribution in [0.25, 0.3) is 0 Å². The molecule has 0 unspecified atom stereocenters. The lowest BCUT2D eigenvalue weighted by Gasteiger charge is -2.52. The van der Waals surface area contributed by atoms with Crippen LogP contribution in [0.1, 0.15) is 31.4 Å². The summed E-state index contributed by atoms with van der Waals surface area (Å²) in [6.07, 6.45) is 5.66. The summed E-state index contributed by atoms with van der Waals surface area (Å²) in [5, 5.41) is 2.98. The molecule has 1 saturated carbocycles. The number of piperazine rings is 1. The Labute approximate surface area is 189 Å². The number of anilines is 2. The van der Waals surface area contributed by atoms with Gasteiger partial charge in [-0.25, -0.2) is 4.79 Å². The lowest BCUT2D eigenvalue weighted by molar-refractivity contribution is -0.137. The van der Waals surface area contributed by atoms with Gasteiger partial charge in [0.15, 0.2) is 0 Å². The molecule has 7 heteroatoms. The number of carbonyl (C=O) groups is 2. The van der Waals surface area contributed by atoms with Crippen molar-refractivity contribution in [3.05, 3.63) is 54.4 Å². The lowest BCUT2D eigenvalue weighted by Crippen LogP contribution is -2.69. The maximum atomic E-state index is 13.9. The van der Waals surface area contributed by atoms with Crippen LogP contribution < -0.4 is 10.2 Å². The van der Waals surface area contributed by atoms with Gasteiger partial charge in [0.25, 0.3) is 0 Å². The Morgan fingerprint density at radius 2 is 1.81 bits per heavy atom. The third-order valence-electron chi connectivity index (χ3n) is 7.13. The van der Waals surface area contributed by atoms with E-state index in [0.717, 1.165) is 30.2 Å². The van der Waals surface area contributed by atoms with Gasteiger partial charge >= 0.3 is 6.03 Å². The molecule has 5 rings (SSSR count). The summed E-state index contributed by atoms with van der Waals surface area (Å²) in [4.78, 5) is 37.3. The van der Waals surface area contributed by atoms with Crippen molar-refractivity contribution in [1.29, 1.82) is 0 Å². The van der Waals surface area contributed by atoms with E-state index in [-0.39, 0.29) is 11.9 Å². The van der Waals surface area contributed by atoms with Crippen LogP contribution >= 0.6 is 0 Å². The highest BCUT2D eigenvalue weighted by atomic mass is 16.2. The molecule has 3 heterocycles. The SMILES string of the molecule is Cc1ccc(N2CCN(CC3CC3)C3(CCN(C(=O)Nc4ccccc4)CC3)C2=O)cn1. The molecule has 0 radical (unpaired) electrons. The van der Waals surface area contributed by atoms with Crippen molar-refractivity contribution in [3.63, 3.8) is 0 Å². The molecule has 3 fully saturated rings. The number of amides is 3. The minimum absolute atomic E-state index is 0.0948. The van der Waals surface area contributed by atoms with Gasteiger partial charge in [-0.05, 0) is 62.8 Å². The molecule has 1 aliphatic carbocycles. The third-order valence-corrected chi connectivity index (χ3v) is 7.13. The number of piperidine rings is 1. The van der Waals surface area contributed by atoms with Crippen molar-refractivity contribution in [1.82, 2.24) is 14.8 Å². The van der Waals surface area contributed by atoms with E-state index in [0.29, 0.717) is 38.4 Å². The van der Waals surface area contributed by atoms with Crippen molar-refractivity contribution in [2.75, 3.05) is 42.9 Å². The van der Waals surface area contributed by atoms with Crippen molar-refractivity contribution >= 4 is 23.3 Å². The fraction of sp³-hybridized carbons (Fsp3) is 0.480. The standard InChI is InChI=1S/C25H31N5O2/c1-19-7-10-22(17-26-19)30-16-15-29(18-20-8-9-20)25(23(30)31)11-13-28(14-12-25)24(32)27-21-5-3-2-4-6-21/h2-7,10,17,20H,8-9,11-16,18H2,1H3,(H,27,32). The van der Waals surface area contributed by atoms with Gasteiger partial charge in [0, 0.05) is 44.1 Å². The Morgan fingerprint density at radius 3 is 2.47 bits per heavy atom. The normalized spacial score (nSPS) is 21.1. The average Bonchev–Trinajstić information content (AvgIpc) is 3.63. The van der Waals surface area contributed by atoms with E-state index < -0.39 is 5.54 Å². The van der Waals surface area contributed by atoms with Crippen LogP contribution in [-0.4, -0.2) is 65.0 Å². The molecule has 2 saturated heterocycles. The minimum Gasteiger partial charge on any atom is -0.324 e. The second-order valence-corrected chi connectivity index (χ2v) is 9.32. The van der Waals surface area contributed by atoms with E-state index in [4.69, 9.17) is 0 Å². The predicted molar refractivity (Wildman–Crippen MR) is 125 cm³/mol. The highest BCUT2D eigenvalue weighted by molar-refractivity contribution is 6.01. The molecule has 32 heavy (non-hydrogen) atoms. The van der Waals surface area contributed by atoms with Gasteiger partial charge in [-0.3, -0.25) is 14.7 Å². The number of hydrogen-bond donors (Lipinski definition) is 1. The number of benzene rings is 1. The number of hydrogen-bond acceptors (Lipinski definition) is 4. The summed E-state index contributed by atoms with van der Waals surface area (Å²) in [6, 6.07) is 13.4. The molecule has 0 bridgehead atoms. The molecular weight excluding hydrogens is 402 g/mol. The topological polar surface area (TPSA) is 68.8 Å². The largest absolute Gasteiger partial charge is 0.324 e. The molecule has 3 amide bonds. The highest BCUT2D eigenvalue weighted by Crippen LogP contribution is 2.39. The summed E-state index contributed by atoms with van der Waals surface area (Å²) in [5.41, 5.74) is 2.08. The van der Waals surface area contributed by atoms with Gasteiger partial charge in [-0.1, -0.05) is 18.2 Å². The number of nitrogens with zero attached hydrogens (tertiary/aromatic N) is 4. The van der Waals surface area contributed by atoms with Gasteiger partial charge < -0.3 is 15.1 Å². The van der Waals surface area contributed by atoms with E-state index in [1.54, 1.807) is 6.20 Å². The van der Waals surface area contributed by atoms with Crippen molar-refractivity contribution < 1.29 is 9.59 Å². The second kappa shape index (κ2) is 8.54. The zero-order chi connectivity index (χ0) is 22.1. The van der Waals surface area contributed by atoms with Crippen LogP contribution in [0.2, 0.25) is 0 Å². The summed E-state index contributed by atoms with van der Waals surface area (Å²) in [5.74, 6) is 0.879. The summed E-state index contributed by atoms with van der Waals surface area (Å²) >= 11 is 0. The molecule has 1 spiro atoms. The Balaban J connectivity index is 1.33. The number of aryl methyl sites for hydroxylation is 1. The Kier molecular flexibility index (Phi) is 5.59. The molecule has 2 aliphatic heterocycles. The molecule has 2 aromatic rings. The predicted octanol–water partition coefficient (Wildman–Crippen LogP) is 3.52. The minimum atomic E-state index is -0.532. The Hall–Kier alpha value is -2.93. The van der Waals surface area contributed by atoms with Gasteiger partial charge in [-0.2, -0.15) is 0 Å². The van der Waals surface area contributed by atoms with Crippen LogP contribution in [-0.2, 0) is 4.79 Å². The van der Waals surface area contributed by atoms with Crippen LogP contribution in [0.3, 0.4) is 0 Å². The smallest absolute Gasteiger partial charge is 0.321 e. The van der Waals surface area contributed by atoms with E-state index in [9.17, 15) is 9.59 Å². The maximum Gasteiger partial charge on any atom is 0.321 e. The van der Waals surface area contributed by atoms with Gasteiger partial charge in [0.2, 0.25) is 5.91 Å². The number of pyridine rings is 1. The Bertz CT molecular complexity index is 966. The molecule has 3 aliphatic rings. The van der Waals surface area contributed by atoms with E-state index >= 15 is 0 Å². The van der Waals surface area contributed by atoms with E-state index in [2.05, 4.69) is 15.2 Å². The number of para-hydroxylation sites is 1. The number of carbonyl (C=O) groups excluding carboxylic acids is 2. The zero-order valence-corrected chi connectivity index (χ0v) is 18.7. The first-order valence-electron chi connectivity index (χ1n) is 11.7. The third kappa shape index (κ3) is 4.09. The van der Waals surface area contributed by atoms with Gasteiger partial charge in [-0.15, -0.1) is 0 Å². The summed E-state index contributed by atoms with van der Waals surface area (Å²) < 4.78 is 0. The monoisotopic (exact) mass is 433 g/mol. The zero-order valence-electron chi connectivity index (χ0n) is 18.7. The van der Waals surface area contributed by atoms with Crippen molar-refractivity contribution in [3.8, 4) is 0 Å². The molecule has 0 atom stereocenters. The first-order chi connectivity index (χ1) is 15.5. The van der Waals surface area contributed by atoms with Crippen LogP contribution in [0.4, 0.5) is 16.2 Å². The highest BCUT2D eigenvalue weighted by Gasteiger charge is 2.52. The molecule has 168 valence electrons. The van der Waals surface area contributed by atoms with Crippen LogP contribution in [0, 0.1) is 12.8 Å². The fourth-order valence-corrected chi connectivity index (χ4v) is 5.00.